The third-order valence-electron chi connectivity index (χ3n) is 3.81. The van der Waals surface area contributed by atoms with Gasteiger partial charge in [0.25, 0.3) is 0 Å². The lowest BCUT2D eigenvalue weighted by molar-refractivity contribution is -0.136. The lowest BCUT2D eigenvalue weighted by Gasteiger charge is -2.11. The number of hydrogen-bond donors (Lipinski definition) is 1. The van der Waals surface area contributed by atoms with Gasteiger partial charge in [0.05, 0.1) is 23.6 Å². The van der Waals surface area contributed by atoms with E-state index in [2.05, 4.69) is 4.98 Å². The highest BCUT2D eigenvalue weighted by molar-refractivity contribution is 7.21. The molecule has 1 aromatic carbocycles. The van der Waals surface area contributed by atoms with Crippen molar-refractivity contribution in [3.63, 3.8) is 0 Å². The monoisotopic (exact) mass is 380 g/mol. The van der Waals surface area contributed by atoms with Crippen molar-refractivity contribution in [3.8, 4) is 11.3 Å². The molecule has 0 saturated carbocycles. The minimum atomic E-state index is -4.64. The van der Waals surface area contributed by atoms with E-state index in [4.69, 9.17) is 10.5 Å². The summed E-state index contributed by atoms with van der Waals surface area (Å²) in [6.45, 7) is 3.59. The molecule has 0 bridgehead atoms. The molecule has 136 valence electrons. The maximum Gasteiger partial charge on any atom is 0.417 e. The summed E-state index contributed by atoms with van der Waals surface area (Å²) in [6, 6.07) is 7.95. The topological polar surface area (TPSA) is 65.2 Å². The number of hydrogen-bond acceptors (Lipinski definition) is 5. The molecule has 2 heterocycles. The summed E-state index contributed by atoms with van der Waals surface area (Å²) >= 11 is 0.804. The Balaban J connectivity index is 2.28. The minimum absolute atomic E-state index is 0.0518. The van der Waals surface area contributed by atoms with Crippen molar-refractivity contribution >= 4 is 33.2 Å². The Morgan fingerprint density at radius 1 is 1.27 bits per heavy atom. The van der Waals surface area contributed by atoms with Gasteiger partial charge >= 0.3 is 12.1 Å². The van der Waals surface area contributed by atoms with Gasteiger partial charge < -0.3 is 10.5 Å². The van der Waals surface area contributed by atoms with Crippen molar-refractivity contribution in [2.24, 2.45) is 0 Å². The Hall–Kier alpha value is -2.61. The van der Waals surface area contributed by atoms with E-state index in [0.717, 1.165) is 23.0 Å². The third-order valence-corrected chi connectivity index (χ3v) is 4.89. The number of nitrogen functional groups attached to an aromatic ring is 1. The lowest BCUT2D eigenvalue weighted by Crippen LogP contribution is -2.08. The number of rotatable bonds is 3. The van der Waals surface area contributed by atoms with E-state index in [1.165, 1.54) is 0 Å². The van der Waals surface area contributed by atoms with Crippen LogP contribution in [0.3, 0.4) is 0 Å². The number of anilines is 1. The van der Waals surface area contributed by atoms with Crippen molar-refractivity contribution in [3.05, 3.63) is 46.3 Å². The van der Waals surface area contributed by atoms with Gasteiger partial charge in [-0.1, -0.05) is 29.8 Å². The largest absolute Gasteiger partial charge is 0.462 e. The molecule has 4 nitrogen and oxygen atoms in total. The van der Waals surface area contributed by atoms with Gasteiger partial charge in [0.15, 0.2) is 0 Å². The molecule has 3 rings (SSSR count). The molecule has 0 unspecified atom stereocenters. The number of esters is 1. The second kappa shape index (κ2) is 6.60. The van der Waals surface area contributed by atoms with E-state index in [9.17, 15) is 18.0 Å². The van der Waals surface area contributed by atoms with Gasteiger partial charge in [-0.25, -0.2) is 9.78 Å². The molecule has 2 N–H and O–H groups in total. The number of fused-ring (bicyclic) bond motifs is 1. The number of benzene rings is 1. The first-order valence-corrected chi connectivity index (χ1v) is 8.58. The van der Waals surface area contributed by atoms with Gasteiger partial charge in [-0.05, 0) is 19.9 Å². The first-order chi connectivity index (χ1) is 12.2. The zero-order valence-corrected chi connectivity index (χ0v) is 14.8. The van der Waals surface area contributed by atoms with Crippen molar-refractivity contribution in [2.45, 2.75) is 20.0 Å². The van der Waals surface area contributed by atoms with Crippen LogP contribution < -0.4 is 5.73 Å². The number of aryl methyl sites for hydroxylation is 1. The van der Waals surface area contributed by atoms with Crippen molar-refractivity contribution in [2.75, 3.05) is 12.3 Å². The SMILES string of the molecule is CCOC(=O)c1sc2nc(-c3ccc(C)cc3)cc(C(F)(F)F)c2c1N. The summed E-state index contributed by atoms with van der Waals surface area (Å²) in [7, 11) is 0. The Morgan fingerprint density at radius 2 is 1.92 bits per heavy atom. The molecule has 0 amide bonds. The summed E-state index contributed by atoms with van der Waals surface area (Å²) in [6.07, 6.45) is -4.64. The minimum Gasteiger partial charge on any atom is -0.462 e. The number of alkyl halides is 3. The van der Waals surface area contributed by atoms with Crippen LogP contribution in [0.1, 0.15) is 27.7 Å². The number of pyridine rings is 1. The van der Waals surface area contributed by atoms with Gasteiger partial charge in [-0.3, -0.25) is 0 Å². The molecule has 0 spiro atoms. The van der Waals surface area contributed by atoms with E-state index in [-0.39, 0.29) is 33.1 Å². The Labute approximate surface area is 151 Å². The second-order valence-corrected chi connectivity index (χ2v) is 6.66. The number of nitrogens with zero attached hydrogens (tertiary/aromatic N) is 1. The van der Waals surface area contributed by atoms with Crippen LogP contribution in [0.4, 0.5) is 18.9 Å². The van der Waals surface area contributed by atoms with Gasteiger partial charge in [0.1, 0.15) is 9.71 Å². The average Bonchev–Trinajstić information content (AvgIpc) is 2.91. The molecule has 0 saturated heterocycles. The lowest BCUT2D eigenvalue weighted by atomic mass is 10.0. The van der Waals surface area contributed by atoms with Crippen LogP contribution >= 0.6 is 11.3 Å². The van der Waals surface area contributed by atoms with Crippen LogP contribution in [-0.4, -0.2) is 17.6 Å². The fourth-order valence-electron chi connectivity index (χ4n) is 2.57. The number of nitrogens with two attached hydrogens (primary N) is 1. The highest BCUT2D eigenvalue weighted by Gasteiger charge is 2.36. The second-order valence-electron chi connectivity index (χ2n) is 5.66. The van der Waals surface area contributed by atoms with Gasteiger partial charge in [-0.2, -0.15) is 13.2 Å². The molecule has 26 heavy (non-hydrogen) atoms. The van der Waals surface area contributed by atoms with Gasteiger partial charge in [0.2, 0.25) is 0 Å². The van der Waals surface area contributed by atoms with Gasteiger partial charge in [0, 0.05) is 10.9 Å². The smallest absolute Gasteiger partial charge is 0.417 e. The molecular formula is C18H15F3N2O2S. The Bertz CT molecular complexity index is 979. The van der Waals surface area contributed by atoms with Crippen molar-refractivity contribution in [1.29, 1.82) is 0 Å². The molecule has 8 heteroatoms. The standard InChI is InChI=1S/C18H15F3N2O2S/c1-3-25-17(24)15-14(22)13-11(18(19,20)21)8-12(23-16(13)26-15)10-6-4-9(2)5-7-10/h4-8H,3,22H2,1-2H3. The molecule has 0 radical (unpaired) electrons. The summed E-state index contributed by atoms with van der Waals surface area (Å²) in [5.74, 6) is -0.752. The zero-order chi connectivity index (χ0) is 19.1. The fourth-order valence-corrected chi connectivity index (χ4v) is 3.58. The predicted octanol–water partition coefficient (Wildman–Crippen LogP) is 5.05. The molecular weight excluding hydrogens is 365 g/mol. The van der Waals surface area contributed by atoms with Crippen LogP contribution in [0.15, 0.2) is 30.3 Å². The molecule has 0 aliphatic rings. The maximum atomic E-state index is 13.6. The Morgan fingerprint density at radius 3 is 2.50 bits per heavy atom. The van der Waals surface area contributed by atoms with E-state index >= 15 is 0 Å². The number of aromatic nitrogens is 1. The number of thiophene rings is 1. The molecule has 0 aliphatic carbocycles. The highest BCUT2D eigenvalue weighted by Crippen LogP contribution is 2.43. The van der Waals surface area contributed by atoms with Crippen molar-refractivity contribution in [1.82, 2.24) is 4.98 Å². The van der Waals surface area contributed by atoms with Crippen LogP contribution in [-0.2, 0) is 10.9 Å². The maximum absolute atomic E-state index is 13.6. The first-order valence-electron chi connectivity index (χ1n) is 7.76. The summed E-state index contributed by atoms with van der Waals surface area (Å²) in [5.41, 5.74) is 6.38. The van der Waals surface area contributed by atoms with E-state index in [0.29, 0.717) is 5.56 Å². The molecule has 0 aliphatic heterocycles. The zero-order valence-electron chi connectivity index (χ0n) is 14.0. The number of halogens is 3. The summed E-state index contributed by atoms with van der Waals surface area (Å²) in [5, 5.41) is -0.263. The predicted molar refractivity (Wildman–Crippen MR) is 95.2 cm³/mol. The summed E-state index contributed by atoms with van der Waals surface area (Å²) < 4.78 is 45.7. The van der Waals surface area contributed by atoms with Crippen LogP contribution in [0.5, 0.6) is 0 Å². The molecule has 2 aromatic heterocycles. The van der Waals surface area contributed by atoms with E-state index < -0.39 is 17.7 Å². The number of carbonyl (C=O) groups excluding carboxylic acids is 1. The van der Waals surface area contributed by atoms with E-state index in [1.807, 2.05) is 6.92 Å². The van der Waals surface area contributed by atoms with Crippen molar-refractivity contribution < 1.29 is 22.7 Å². The third kappa shape index (κ3) is 3.24. The first kappa shape index (κ1) is 18.2. The fraction of sp³-hybridized carbons (Fsp3) is 0.222. The van der Waals surface area contributed by atoms with E-state index in [1.54, 1.807) is 31.2 Å². The molecule has 3 aromatic rings. The molecule has 0 atom stereocenters. The van der Waals surface area contributed by atoms with Crippen LogP contribution in [0.2, 0.25) is 0 Å². The highest BCUT2D eigenvalue weighted by atomic mass is 32.1. The average molecular weight is 380 g/mol. The normalized spacial score (nSPS) is 11.7. The quantitative estimate of drug-likeness (QED) is 0.646. The van der Waals surface area contributed by atoms with Crippen LogP contribution in [0.25, 0.3) is 21.5 Å². The Kier molecular flexibility index (Phi) is 4.62. The molecule has 0 fully saturated rings. The van der Waals surface area contributed by atoms with Crippen LogP contribution in [0, 0.1) is 6.92 Å². The number of ether oxygens (including phenoxy) is 1. The van der Waals surface area contributed by atoms with Gasteiger partial charge in [-0.15, -0.1) is 11.3 Å². The number of carbonyl (C=O) groups is 1. The summed E-state index contributed by atoms with van der Waals surface area (Å²) in [4.78, 5) is 16.3.